The molecule has 9 heavy (non-hydrogen) atoms. The molecule has 0 saturated heterocycles. The summed E-state index contributed by atoms with van der Waals surface area (Å²) in [5.74, 6) is 0. The second-order valence-corrected chi connectivity index (χ2v) is 1.70. The molecule has 0 spiro atoms. The van der Waals surface area contributed by atoms with Crippen molar-refractivity contribution in [1.82, 2.24) is 0 Å². The van der Waals surface area contributed by atoms with Gasteiger partial charge < -0.3 is 19.2 Å². The van der Waals surface area contributed by atoms with Gasteiger partial charge in [-0.25, -0.2) is 0 Å². The zero-order valence-corrected chi connectivity index (χ0v) is 9.73. The Kier molecular flexibility index (Phi) is 21.3. The van der Waals surface area contributed by atoms with Gasteiger partial charge in [0.1, 0.15) is 0 Å². The Morgan fingerprint density at radius 2 is 0.778 bits per heavy atom. The summed E-state index contributed by atoms with van der Waals surface area (Å²) in [6, 6.07) is 0. The summed E-state index contributed by atoms with van der Waals surface area (Å²) in [7, 11) is -6.26. The van der Waals surface area contributed by atoms with Crippen molar-refractivity contribution in [3.8, 4) is 0 Å². The minimum absolute atomic E-state index is 0. The summed E-state index contributed by atoms with van der Waals surface area (Å²) in [5, 5.41) is 0. The van der Waals surface area contributed by atoms with Crippen molar-refractivity contribution in [2.24, 2.45) is 0 Å². The second-order valence-electron chi connectivity index (χ2n) is 0.565. The van der Waals surface area contributed by atoms with E-state index in [1.54, 1.807) is 0 Å². The van der Waals surface area contributed by atoms with Crippen LogP contribution < -0.4 is 0 Å². The summed E-state index contributed by atoms with van der Waals surface area (Å²) >= 11 is 0. The van der Waals surface area contributed by atoms with E-state index in [2.05, 4.69) is 0 Å². The van der Waals surface area contributed by atoms with E-state index in [1.165, 1.54) is 0 Å². The average Bonchev–Trinajstić information content (AvgIpc) is 1.25. The van der Waals surface area contributed by atoms with E-state index in [9.17, 15) is 0 Å². The van der Waals surface area contributed by atoms with E-state index in [1.807, 2.05) is 0 Å². The van der Waals surface area contributed by atoms with Crippen LogP contribution in [0.2, 0.25) is 0 Å². The maximum atomic E-state index is 8.74. The molecule has 49 valence electrons. The largest absolute Gasteiger partial charge is 0.761 e. The molecule has 0 aliphatic rings. The Hall–Kier alpha value is 0.870. The van der Waals surface area contributed by atoms with Gasteiger partial charge in [0.05, 0.1) is 0 Å². The van der Waals surface area contributed by atoms with Crippen LogP contribution in [0.4, 0.5) is 0 Å². The van der Waals surface area contributed by atoms with Gasteiger partial charge in [-0.15, -0.1) is 0 Å². The van der Waals surface area contributed by atoms with Crippen molar-refractivity contribution < 1.29 is 28.1 Å². The minimum atomic E-state index is -3.13. The van der Waals surface area contributed by atoms with Gasteiger partial charge in [0, 0.05) is 51.4 Å². The molecule has 0 bridgehead atoms. The quantitative estimate of drug-likeness (QED) is 0.297. The summed E-state index contributed by atoms with van der Waals surface area (Å²) in [6.07, 6.45) is 0. The summed E-state index contributed by atoms with van der Waals surface area (Å²) < 4.78 is 17.5. The van der Waals surface area contributed by atoms with Crippen LogP contribution in [0.1, 0.15) is 0 Å². The first-order valence-corrected chi connectivity index (χ1v) is 3.91. The third-order valence-electron chi connectivity index (χ3n) is 0. The molecule has 0 atom stereocenters. The summed E-state index contributed by atoms with van der Waals surface area (Å²) in [4.78, 5) is 28.6. The number of hydrogen-bond acceptors (Lipinski definition) is 2. The molecule has 0 aromatic carbocycles. The first-order valence-electron chi connectivity index (χ1n) is 1.30. The number of rotatable bonds is 0. The average molecular weight is 195 g/mol. The molecule has 1 radical (unpaired) electrons. The molecule has 0 aromatic heterocycles. The number of hydrogen-bond donors (Lipinski definition) is 4. The van der Waals surface area contributed by atoms with Gasteiger partial charge >= 0.3 is 18.3 Å². The molecule has 0 aliphatic carbocycles. The normalized spacial score (nSPS) is 5.33. The van der Waals surface area contributed by atoms with Crippen LogP contribution in [0.5, 0.6) is 0 Å². The molecule has 6 nitrogen and oxygen atoms in total. The van der Waals surface area contributed by atoms with Gasteiger partial charge in [-0.3, -0.25) is 8.92 Å². The fourth-order valence-corrected chi connectivity index (χ4v) is 0. The molecule has 0 rings (SSSR count). The van der Waals surface area contributed by atoms with Crippen molar-refractivity contribution in [1.29, 1.82) is 0 Å². The maximum Gasteiger partial charge on any atom is 0.761 e. The Morgan fingerprint density at radius 3 is 0.778 bits per heavy atom. The molecule has 0 unspecified atom stereocenters. The van der Waals surface area contributed by atoms with Crippen molar-refractivity contribution in [2.75, 3.05) is 0 Å². The SMILES string of the molecule is O=[Si](O)O.O=[Si](O)O.[K]. The molecular formula is H4KO6Si2. The smallest absolute Gasteiger partial charge is 0.511 e. The van der Waals surface area contributed by atoms with E-state index >= 15 is 0 Å². The van der Waals surface area contributed by atoms with Crippen molar-refractivity contribution in [3.63, 3.8) is 0 Å². The summed E-state index contributed by atoms with van der Waals surface area (Å²) in [5.41, 5.74) is 0. The van der Waals surface area contributed by atoms with Gasteiger partial charge in [0.2, 0.25) is 0 Å². The molecule has 0 heterocycles. The van der Waals surface area contributed by atoms with Crippen LogP contribution in [-0.2, 0) is 8.92 Å². The van der Waals surface area contributed by atoms with Crippen LogP contribution in [0.25, 0.3) is 0 Å². The fraction of sp³-hybridized carbons (Fsp3) is 0. The van der Waals surface area contributed by atoms with Crippen LogP contribution in [-0.4, -0.2) is 88.9 Å². The van der Waals surface area contributed by atoms with Gasteiger partial charge in [0.15, 0.2) is 0 Å². The predicted molar refractivity (Wildman–Crippen MR) is 27.5 cm³/mol. The van der Waals surface area contributed by atoms with Crippen LogP contribution in [0.3, 0.4) is 0 Å². The van der Waals surface area contributed by atoms with E-state index in [4.69, 9.17) is 28.1 Å². The predicted octanol–water partition coefficient (Wildman–Crippen LogP) is -3.61. The topological polar surface area (TPSA) is 115 Å². The van der Waals surface area contributed by atoms with E-state index in [0.717, 1.165) is 0 Å². The van der Waals surface area contributed by atoms with Gasteiger partial charge in [0.25, 0.3) is 0 Å². The van der Waals surface area contributed by atoms with Crippen LogP contribution in [0.15, 0.2) is 0 Å². The van der Waals surface area contributed by atoms with Crippen LogP contribution >= 0.6 is 0 Å². The Bertz CT molecular complexity index is 69.1. The molecular weight excluding hydrogens is 191 g/mol. The molecule has 0 saturated carbocycles. The zero-order chi connectivity index (χ0) is 7.15. The van der Waals surface area contributed by atoms with Crippen LogP contribution in [0, 0.1) is 0 Å². The second kappa shape index (κ2) is 11.6. The Morgan fingerprint density at radius 1 is 0.778 bits per heavy atom. The van der Waals surface area contributed by atoms with E-state index in [0.29, 0.717) is 0 Å². The molecule has 0 aliphatic heterocycles. The summed E-state index contributed by atoms with van der Waals surface area (Å²) in [6.45, 7) is 0. The molecule has 9 heteroatoms. The first-order chi connectivity index (χ1) is 3.46. The van der Waals surface area contributed by atoms with Gasteiger partial charge in [-0.05, 0) is 0 Å². The standard InChI is InChI=1S/K.2H2O3Si/c;2*1-4(2)3/h;2*1-2H. The minimum Gasteiger partial charge on any atom is -0.511 e. The Labute approximate surface area is 96.4 Å². The third-order valence-corrected chi connectivity index (χ3v) is 0. The molecule has 0 fully saturated rings. The Balaban J connectivity index is -0.0000000720. The van der Waals surface area contributed by atoms with Crippen molar-refractivity contribution >= 4 is 69.7 Å². The molecule has 0 aromatic rings. The first kappa shape index (κ1) is 16.5. The van der Waals surface area contributed by atoms with E-state index < -0.39 is 18.3 Å². The van der Waals surface area contributed by atoms with Gasteiger partial charge in [-0.1, -0.05) is 0 Å². The van der Waals surface area contributed by atoms with Crippen molar-refractivity contribution in [2.45, 2.75) is 0 Å². The third kappa shape index (κ3) is 553. The molecule has 0 amide bonds. The monoisotopic (exact) mass is 195 g/mol. The fourth-order valence-electron chi connectivity index (χ4n) is 0. The van der Waals surface area contributed by atoms with E-state index in [-0.39, 0.29) is 51.4 Å². The van der Waals surface area contributed by atoms with Crippen molar-refractivity contribution in [3.05, 3.63) is 0 Å². The zero-order valence-electron chi connectivity index (χ0n) is 4.61. The van der Waals surface area contributed by atoms with Gasteiger partial charge in [-0.2, -0.15) is 0 Å². The maximum absolute atomic E-state index is 8.74. The molecule has 4 N–H and O–H groups in total.